The Morgan fingerprint density at radius 1 is 1.32 bits per heavy atom. The molecule has 1 aromatic heterocycles. The Morgan fingerprint density at radius 3 is 2.63 bits per heavy atom. The summed E-state index contributed by atoms with van der Waals surface area (Å²) in [6, 6.07) is 0.308. The van der Waals surface area contributed by atoms with Gasteiger partial charge in [0, 0.05) is 26.1 Å². The van der Waals surface area contributed by atoms with Gasteiger partial charge in [0.1, 0.15) is 12.2 Å². The van der Waals surface area contributed by atoms with Gasteiger partial charge < -0.3 is 10.1 Å². The first kappa shape index (κ1) is 16.1. The molecule has 0 amide bonds. The van der Waals surface area contributed by atoms with Gasteiger partial charge >= 0.3 is 0 Å². The molecular weight excluding hydrogens is 240 g/mol. The van der Waals surface area contributed by atoms with Crippen molar-refractivity contribution in [3.63, 3.8) is 0 Å². The number of hydrogen-bond acceptors (Lipinski definition) is 4. The number of nitrogens with zero attached hydrogens (tertiary/aromatic N) is 3. The van der Waals surface area contributed by atoms with Crippen LogP contribution in [0.2, 0.25) is 0 Å². The van der Waals surface area contributed by atoms with Crippen LogP contribution in [0.1, 0.15) is 45.9 Å². The predicted octanol–water partition coefficient (Wildman–Crippen LogP) is 1.93. The number of hydrogen-bond donors (Lipinski definition) is 1. The van der Waals surface area contributed by atoms with E-state index in [-0.39, 0.29) is 6.10 Å². The Balaban J connectivity index is 2.70. The van der Waals surface area contributed by atoms with Gasteiger partial charge in [-0.2, -0.15) is 5.10 Å². The molecule has 0 bridgehead atoms. The molecule has 2 atom stereocenters. The van der Waals surface area contributed by atoms with Crippen LogP contribution in [-0.2, 0) is 18.2 Å². The van der Waals surface area contributed by atoms with E-state index in [1.54, 1.807) is 6.33 Å². The summed E-state index contributed by atoms with van der Waals surface area (Å²) in [5.41, 5.74) is 0. The zero-order valence-electron chi connectivity index (χ0n) is 12.7. The Hall–Kier alpha value is -0.940. The summed E-state index contributed by atoms with van der Waals surface area (Å²) in [6.45, 7) is 8.21. The Labute approximate surface area is 116 Å². The number of nitrogens with one attached hydrogen (secondary N) is 1. The fourth-order valence-corrected chi connectivity index (χ4v) is 2.27. The molecule has 1 N–H and O–H groups in total. The SMILES string of the molecule is CCCNC(Cc1ncnn1C)C(CCC)OCC. The Bertz CT molecular complexity index is 334. The molecule has 0 aliphatic rings. The lowest BCUT2D eigenvalue weighted by atomic mass is 10.0. The number of aromatic nitrogens is 3. The monoisotopic (exact) mass is 268 g/mol. The van der Waals surface area contributed by atoms with Crippen LogP contribution >= 0.6 is 0 Å². The van der Waals surface area contributed by atoms with Gasteiger partial charge in [-0.1, -0.05) is 20.3 Å². The average molecular weight is 268 g/mol. The van der Waals surface area contributed by atoms with E-state index < -0.39 is 0 Å². The smallest absolute Gasteiger partial charge is 0.138 e. The quantitative estimate of drug-likeness (QED) is 0.704. The fraction of sp³-hybridized carbons (Fsp3) is 0.857. The van der Waals surface area contributed by atoms with E-state index in [0.29, 0.717) is 6.04 Å². The van der Waals surface area contributed by atoms with Crippen molar-refractivity contribution in [3.8, 4) is 0 Å². The van der Waals surface area contributed by atoms with E-state index in [1.165, 1.54) is 0 Å². The lowest BCUT2D eigenvalue weighted by molar-refractivity contribution is 0.0275. The molecule has 0 aliphatic carbocycles. The summed E-state index contributed by atoms with van der Waals surface area (Å²) in [7, 11) is 1.94. The van der Waals surface area contributed by atoms with Gasteiger partial charge in [-0.25, -0.2) is 4.98 Å². The molecule has 0 aliphatic heterocycles. The molecule has 0 fully saturated rings. The lowest BCUT2D eigenvalue weighted by Gasteiger charge is -2.27. The topological polar surface area (TPSA) is 52.0 Å². The Morgan fingerprint density at radius 2 is 2.11 bits per heavy atom. The number of aryl methyl sites for hydroxylation is 1. The summed E-state index contributed by atoms with van der Waals surface area (Å²) in [6.07, 6.45) is 6.06. The van der Waals surface area contributed by atoms with E-state index >= 15 is 0 Å². The second kappa shape index (κ2) is 9.04. The van der Waals surface area contributed by atoms with Crippen molar-refractivity contribution in [2.75, 3.05) is 13.2 Å². The summed E-state index contributed by atoms with van der Waals surface area (Å²) in [5.74, 6) is 1.01. The first-order valence-electron chi connectivity index (χ1n) is 7.40. The van der Waals surface area contributed by atoms with E-state index in [1.807, 2.05) is 11.7 Å². The molecule has 0 aromatic carbocycles. The van der Waals surface area contributed by atoms with Crippen LogP contribution in [0.3, 0.4) is 0 Å². The van der Waals surface area contributed by atoms with Gasteiger partial charge in [0.25, 0.3) is 0 Å². The minimum absolute atomic E-state index is 0.248. The maximum absolute atomic E-state index is 5.91. The van der Waals surface area contributed by atoms with Crippen LogP contribution in [0.5, 0.6) is 0 Å². The highest BCUT2D eigenvalue weighted by Crippen LogP contribution is 2.12. The van der Waals surface area contributed by atoms with Crippen LogP contribution in [0.15, 0.2) is 6.33 Å². The fourth-order valence-electron chi connectivity index (χ4n) is 2.27. The van der Waals surface area contributed by atoms with Crippen LogP contribution in [0, 0.1) is 0 Å². The van der Waals surface area contributed by atoms with Crippen molar-refractivity contribution in [2.24, 2.45) is 7.05 Å². The molecular formula is C14H28N4O. The van der Waals surface area contributed by atoms with E-state index in [2.05, 4.69) is 36.2 Å². The normalized spacial score (nSPS) is 14.5. The maximum Gasteiger partial charge on any atom is 0.138 e. The summed E-state index contributed by atoms with van der Waals surface area (Å²) in [5, 5.41) is 7.74. The molecule has 19 heavy (non-hydrogen) atoms. The highest BCUT2D eigenvalue weighted by Gasteiger charge is 2.22. The minimum atomic E-state index is 0.248. The van der Waals surface area contributed by atoms with E-state index in [9.17, 15) is 0 Å². The third-order valence-electron chi connectivity index (χ3n) is 3.27. The van der Waals surface area contributed by atoms with Crippen molar-refractivity contribution < 1.29 is 4.74 Å². The average Bonchev–Trinajstić information content (AvgIpc) is 2.80. The van der Waals surface area contributed by atoms with Crippen LogP contribution in [-0.4, -0.2) is 40.1 Å². The molecule has 5 nitrogen and oxygen atoms in total. The third kappa shape index (κ3) is 5.28. The predicted molar refractivity (Wildman–Crippen MR) is 77.1 cm³/mol. The van der Waals surface area contributed by atoms with Crippen LogP contribution in [0.4, 0.5) is 0 Å². The minimum Gasteiger partial charge on any atom is -0.377 e. The summed E-state index contributed by atoms with van der Waals surface area (Å²) in [4.78, 5) is 4.32. The molecule has 1 rings (SSSR count). The maximum atomic E-state index is 5.91. The molecule has 2 unspecified atom stereocenters. The van der Waals surface area contributed by atoms with Crippen molar-refractivity contribution in [1.29, 1.82) is 0 Å². The van der Waals surface area contributed by atoms with Crippen molar-refractivity contribution in [3.05, 3.63) is 12.2 Å². The first-order chi connectivity index (χ1) is 9.22. The second-order valence-electron chi connectivity index (χ2n) is 4.85. The highest BCUT2D eigenvalue weighted by atomic mass is 16.5. The van der Waals surface area contributed by atoms with Crippen LogP contribution in [0.25, 0.3) is 0 Å². The Kier molecular flexibility index (Phi) is 7.67. The van der Waals surface area contributed by atoms with Crippen molar-refractivity contribution in [1.82, 2.24) is 20.1 Å². The molecule has 0 radical (unpaired) electrons. The largest absolute Gasteiger partial charge is 0.377 e. The molecule has 1 heterocycles. The van der Waals surface area contributed by atoms with Crippen molar-refractivity contribution in [2.45, 2.75) is 58.6 Å². The van der Waals surface area contributed by atoms with Gasteiger partial charge in [0.05, 0.1) is 6.10 Å². The van der Waals surface area contributed by atoms with Crippen LogP contribution < -0.4 is 5.32 Å². The zero-order chi connectivity index (χ0) is 14.1. The highest BCUT2D eigenvalue weighted by molar-refractivity contribution is 4.92. The first-order valence-corrected chi connectivity index (χ1v) is 7.40. The molecule has 0 saturated heterocycles. The van der Waals surface area contributed by atoms with Gasteiger partial charge in [0.15, 0.2) is 0 Å². The van der Waals surface area contributed by atoms with Gasteiger partial charge in [-0.05, 0) is 26.3 Å². The molecule has 110 valence electrons. The summed E-state index contributed by atoms with van der Waals surface area (Å²) >= 11 is 0. The molecule has 1 aromatic rings. The van der Waals surface area contributed by atoms with E-state index in [0.717, 1.165) is 44.7 Å². The zero-order valence-corrected chi connectivity index (χ0v) is 12.7. The molecule has 0 spiro atoms. The number of rotatable bonds is 10. The molecule has 5 heteroatoms. The van der Waals surface area contributed by atoms with Crippen molar-refractivity contribution >= 4 is 0 Å². The van der Waals surface area contributed by atoms with Gasteiger partial charge in [0.2, 0.25) is 0 Å². The third-order valence-corrected chi connectivity index (χ3v) is 3.27. The standard InChI is InChI=1S/C14H28N4O/c1-5-8-13(19-7-3)12(15-9-6-2)10-14-16-11-17-18(14)4/h11-13,15H,5-10H2,1-4H3. The molecule has 0 saturated carbocycles. The lowest BCUT2D eigenvalue weighted by Crippen LogP contribution is -2.44. The second-order valence-corrected chi connectivity index (χ2v) is 4.85. The van der Waals surface area contributed by atoms with Gasteiger partial charge in [-0.3, -0.25) is 4.68 Å². The van der Waals surface area contributed by atoms with E-state index in [4.69, 9.17) is 4.74 Å². The van der Waals surface area contributed by atoms with Gasteiger partial charge in [-0.15, -0.1) is 0 Å². The number of ether oxygens (including phenoxy) is 1. The summed E-state index contributed by atoms with van der Waals surface area (Å²) < 4.78 is 7.75.